The van der Waals surface area contributed by atoms with Crippen LogP contribution >= 0.6 is 11.8 Å². The third kappa shape index (κ3) is 1.63. The summed E-state index contributed by atoms with van der Waals surface area (Å²) in [6.07, 6.45) is 5.88. The quantitative estimate of drug-likeness (QED) is 0.745. The number of nitrogens with one attached hydrogen (secondary N) is 1. The van der Waals surface area contributed by atoms with E-state index in [1.54, 1.807) is 0 Å². The summed E-state index contributed by atoms with van der Waals surface area (Å²) in [5.74, 6) is 2.48. The van der Waals surface area contributed by atoms with Gasteiger partial charge in [-0.15, -0.1) is 0 Å². The average molecular weight is 197 g/mol. The zero-order chi connectivity index (χ0) is 8.89. The first-order chi connectivity index (χ1) is 6.28. The van der Waals surface area contributed by atoms with E-state index in [0.717, 1.165) is 22.6 Å². The molecule has 3 aliphatic rings. The summed E-state index contributed by atoms with van der Waals surface area (Å²) in [6.45, 7) is 3.71. The third-order valence-electron chi connectivity index (χ3n) is 3.94. The van der Waals surface area contributed by atoms with E-state index in [2.05, 4.69) is 24.0 Å². The molecule has 1 spiro atoms. The zero-order valence-corrected chi connectivity index (χ0v) is 9.20. The van der Waals surface area contributed by atoms with Crippen molar-refractivity contribution in [2.75, 3.05) is 12.3 Å². The molecule has 0 amide bonds. The van der Waals surface area contributed by atoms with Crippen molar-refractivity contribution in [3.05, 3.63) is 0 Å². The van der Waals surface area contributed by atoms with Gasteiger partial charge in [-0.1, -0.05) is 6.92 Å². The molecule has 13 heavy (non-hydrogen) atoms. The van der Waals surface area contributed by atoms with Gasteiger partial charge in [0.05, 0.1) is 0 Å². The lowest BCUT2D eigenvalue weighted by atomic mass is 10.0. The molecule has 2 saturated carbocycles. The molecule has 2 aliphatic carbocycles. The molecular formula is C11H19NS. The second kappa shape index (κ2) is 2.90. The van der Waals surface area contributed by atoms with Crippen molar-refractivity contribution in [1.82, 2.24) is 5.32 Å². The van der Waals surface area contributed by atoms with Crippen LogP contribution in [0, 0.1) is 11.3 Å². The van der Waals surface area contributed by atoms with Crippen molar-refractivity contribution in [2.45, 2.75) is 43.9 Å². The van der Waals surface area contributed by atoms with E-state index in [9.17, 15) is 0 Å². The summed E-state index contributed by atoms with van der Waals surface area (Å²) in [4.78, 5) is 0. The number of hydrogen-bond acceptors (Lipinski definition) is 2. The van der Waals surface area contributed by atoms with Gasteiger partial charge in [-0.05, 0) is 49.3 Å². The highest BCUT2D eigenvalue weighted by Crippen LogP contribution is 2.62. The van der Waals surface area contributed by atoms with E-state index in [1.807, 2.05) is 0 Å². The molecule has 2 heteroatoms. The van der Waals surface area contributed by atoms with Crippen LogP contribution in [0.1, 0.15) is 32.6 Å². The predicted octanol–water partition coefficient (Wildman–Crippen LogP) is 2.27. The molecule has 0 aromatic carbocycles. The van der Waals surface area contributed by atoms with Crippen molar-refractivity contribution < 1.29 is 0 Å². The van der Waals surface area contributed by atoms with Gasteiger partial charge < -0.3 is 5.32 Å². The number of hydrogen-bond donors (Lipinski definition) is 1. The predicted molar refractivity (Wildman–Crippen MR) is 58.1 cm³/mol. The van der Waals surface area contributed by atoms with E-state index < -0.39 is 0 Å². The summed E-state index contributed by atoms with van der Waals surface area (Å²) in [7, 11) is 0. The Morgan fingerprint density at radius 2 is 2.23 bits per heavy atom. The Bertz CT molecular complexity index is 214. The Labute approximate surface area is 85.0 Å². The molecule has 0 bridgehead atoms. The van der Waals surface area contributed by atoms with E-state index in [-0.39, 0.29) is 0 Å². The standard InChI is InChI=1S/C11H19NS/c1-8-4-11(7-13-8)5-9(11)6-12-10-2-3-10/h8-10,12H,2-7H2,1H3. The smallest absolute Gasteiger partial charge is 0.00683 e. The molecule has 3 rings (SSSR count). The van der Waals surface area contributed by atoms with Gasteiger partial charge in [-0.25, -0.2) is 0 Å². The van der Waals surface area contributed by atoms with Gasteiger partial charge in [0.25, 0.3) is 0 Å². The summed E-state index contributed by atoms with van der Waals surface area (Å²) < 4.78 is 0. The first-order valence-corrected chi connectivity index (χ1v) is 6.68. The fourth-order valence-electron chi connectivity index (χ4n) is 2.74. The van der Waals surface area contributed by atoms with Crippen molar-refractivity contribution in [3.63, 3.8) is 0 Å². The molecule has 3 unspecified atom stereocenters. The molecule has 1 aliphatic heterocycles. The highest BCUT2D eigenvalue weighted by atomic mass is 32.2. The highest BCUT2D eigenvalue weighted by molar-refractivity contribution is 8.00. The summed E-state index contributed by atoms with van der Waals surface area (Å²) >= 11 is 2.19. The van der Waals surface area contributed by atoms with Crippen LogP contribution in [0.15, 0.2) is 0 Å². The van der Waals surface area contributed by atoms with Gasteiger partial charge in [-0.3, -0.25) is 0 Å². The first-order valence-electron chi connectivity index (χ1n) is 5.63. The lowest BCUT2D eigenvalue weighted by Crippen LogP contribution is -2.21. The number of rotatable bonds is 3. The SMILES string of the molecule is CC1CC2(CS1)CC2CNC1CC1. The highest BCUT2D eigenvalue weighted by Gasteiger charge is 2.56. The molecular weight excluding hydrogens is 178 g/mol. The fraction of sp³-hybridized carbons (Fsp3) is 1.00. The third-order valence-corrected chi connectivity index (χ3v) is 5.42. The summed E-state index contributed by atoms with van der Waals surface area (Å²) in [6, 6.07) is 0.907. The first kappa shape index (κ1) is 8.60. The van der Waals surface area contributed by atoms with Gasteiger partial charge >= 0.3 is 0 Å². The topological polar surface area (TPSA) is 12.0 Å². The van der Waals surface area contributed by atoms with E-state index in [4.69, 9.17) is 0 Å². The second-order valence-corrected chi connectivity index (χ2v) is 6.70. The van der Waals surface area contributed by atoms with Crippen LogP contribution < -0.4 is 5.32 Å². The van der Waals surface area contributed by atoms with Crippen LogP contribution in [0.25, 0.3) is 0 Å². The van der Waals surface area contributed by atoms with Crippen LogP contribution in [-0.2, 0) is 0 Å². The van der Waals surface area contributed by atoms with Crippen molar-refractivity contribution in [3.8, 4) is 0 Å². The molecule has 0 radical (unpaired) electrons. The largest absolute Gasteiger partial charge is 0.314 e. The Hall–Kier alpha value is 0.310. The number of thioether (sulfide) groups is 1. The van der Waals surface area contributed by atoms with Crippen molar-refractivity contribution in [2.24, 2.45) is 11.3 Å². The van der Waals surface area contributed by atoms with Gasteiger partial charge in [0.15, 0.2) is 0 Å². The van der Waals surface area contributed by atoms with E-state index in [1.165, 1.54) is 38.0 Å². The lowest BCUT2D eigenvalue weighted by molar-refractivity contribution is 0.471. The van der Waals surface area contributed by atoms with Crippen LogP contribution in [0.3, 0.4) is 0 Å². The molecule has 74 valence electrons. The Morgan fingerprint density at radius 3 is 2.85 bits per heavy atom. The minimum atomic E-state index is 0.798. The minimum absolute atomic E-state index is 0.798. The second-order valence-electron chi connectivity index (χ2n) is 5.27. The Morgan fingerprint density at radius 1 is 1.38 bits per heavy atom. The summed E-state index contributed by atoms with van der Waals surface area (Å²) in [5, 5.41) is 4.61. The Kier molecular flexibility index (Phi) is 1.92. The van der Waals surface area contributed by atoms with Gasteiger partial charge in [-0.2, -0.15) is 11.8 Å². The molecule has 3 fully saturated rings. The lowest BCUT2D eigenvalue weighted by Gasteiger charge is -2.08. The Balaban J connectivity index is 1.48. The van der Waals surface area contributed by atoms with Gasteiger partial charge in [0.1, 0.15) is 0 Å². The monoisotopic (exact) mass is 197 g/mol. The van der Waals surface area contributed by atoms with Crippen LogP contribution in [-0.4, -0.2) is 23.6 Å². The maximum atomic E-state index is 3.68. The average Bonchev–Trinajstić information content (AvgIpc) is 2.94. The van der Waals surface area contributed by atoms with Gasteiger partial charge in [0.2, 0.25) is 0 Å². The molecule has 0 aromatic heterocycles. The normalized spacial score (nSPS) is 48.7. The maximum Gasteiger partial charge on any atom is 0.00683 e. The van der Waals surface area contributed by atoms with Crippen LogP contribution in [0.2, 0.25) is 0 Å². The molecule has 1 heterocycles. The van der Waals surface area contributed by atoms with E-state index in [0.29, 0.717) is 0 Å². The van der Waals surface area contributed by atoms with Crippen LogP contribution in [0.5, 0.6) is 0 Å². The maximum absolute atomic E-state index is 3.68. The summed E-state index contributed by atoms with van der Waals surface area (Å²) in [5.41, 5.74) is 0.798. The fourth-order valence-corrected chi connectivity index (χ4v) is 4.28. The molecule has 0 aromatic rings. The molecule has 1 nitrogen and oxygen atoms in total. The minimum Gasteiger partial charge on any atom is -0.314 e. The van der Waals surface area contributed by atoms with Crippen molar-refractivity contribution in [1.29, 1.82) is 0 Å². The molecule has 3 atom stereocenters. The van der Waals surface area contributed by atoms with E-state index >= 15 is 0 Å². The van der Waals surface area contributed by atoms with Crippen molar-refractivity contribution >= 4 is 11.8 Å². The molecule has 1 saturated heterocycles. The van der Waals surface area contributed by atoms with Gasteiger partial charge in [0, 0.05) is 11.3 Å². The molecule has 1 N–H and O–H groups in total. The zero-order valence-electron chi connectivity index (χ0n) is 8.38. The van der Waals surface area contributed by atoms with Crippen LogP contribution in [0.4, 0.5) is 0 Å².